The average molecular weight is 212 g/mol. The lowest BCUT2D eigenvalue weighted by Crippen LogP contribution is -2.23. The molecule has 0 N–H and O–H groups in total. The Morgan fingerprint density at radius 1 is 0.800 bits per heavy atom. The summed E-state index contributed by atoms with van der Waals surface area (Å²) < 4.78 is 0. The van der Waals surface area contributed by atoms with Crippen molar-refractivity contribution in [3.05, 3.63) is 0 Å². The third kappa shape index (κ3) is 5.58. The van der Waals surface area contributed by atoms with E-state index in [4.69, 9.17) is 0 Å². The first-order chi connectivity index (χ1) is 6.59. The second-order valence-electron chi connectivity index (χ2n) is 7.32. The highest BCUT2D eigenvalue weighted by atomic mass is 14.3. The zero-order valence-electron chi connectivity index (χ0n) is 12.3. The third-order valence-corrected chi connectivity index (χ3v) is 4.14. The molecule has 0 amide bonds. The van der Waals surface area contributed by atoms with Gasteiger partial charge < -0.3 is 0 Å². The summed E-state index contributed by atoms with van der Waals surface area (Å²) in [6, 6.07) is 0. The Hall–Kier alpha value is 0. The molecule has 1 unspecified atom stereocenters. The Morgan fingerprint density at radius 3 is 1.53 bits per heavy atom. The van der Waals surface area contributed by atoms with Crippen molar-refractivity contribution in [1.29, 1.82) is 0 Å². The van der Waals surface area contributed by atoms with Gasteiger partial charge >= 0.3 is 0 Å². The van der Waals surface area contributed by atoms with Crippen molar-refractivity contribution in [1.82, 2.24) is 0 Å². The van der Waals surface area contributed by atoms with E-state index in [1.807, 2.05) is 0 Å². The van der Waals surface area contributed by atoms with Crippen molar-refractivity contribution in [2.45, 2.75) is 74.7 Å². The lowest BCUT2D eigenvalue weighted by atomic mass is 9.72. The van der Waals surface area contributed by atoms with E-state index in [-0.39, 0.29) is 0 Å². The molecule has 15 heavy (non-hydrogen) atoms. The summed E-state index contributed by atoms with van der Waals surface area (Å²) >= 11 is 0. The van der Waals surface area contributed by atoms with E-state index in [0.717, 1.165) is 11.8 Å². The third-order valence-electron chi connectivity index (χ3n) is 4.14. The molecule has 0 radical (unpaired) electrons. The van der Waals surface area contributed by atoms with E-state index in [1.165, 1.54) is 19.3 Å². The highest BCUT2D eigenvalue weighted by Gasteiger charge is 2.25. The quantitative estimate of drug-likeness (QED) is 0.575. The fourth-order valence-electron chi connectivity index (χ4n) is 2.13. The molecule has 0 saturated heterocycles. The monoisotopic (exact) mass is 212 g/mol. The van der Waals surface area contributed by atoms with Gasteiger partial charge in [0.25, 0.3) is 0 Å². The average Bonchev–Trinajstić information content (AvgIpc) is 2.00. The number of hydrogen-bond donors (Lipinski definition) is 0. The highest BCUT2D eigenvalue weighted by molar-refractivity contribution is 4.76. The molecule has 0 aromatic rings. The predicted molar refractivity (Wildman–Crippen MR) is 71.1 cm³/mol. The van der Waals surface area contributed by atoms with Crippen LogP contribution in [0.15, 0.2) is 0 Å². The predicted octanol–water partition coefficient (Wildman–Crippen LogP) is 5.52. The van der Waals surface area contributed by atoms with Gasteiger partial charge in [0.2, 0.25) is 0 Å². The lowest BCUT2D eigenvalue weighted by molar-refractivity contribution is 0.173. The molecule has 0 nitrogen and oxygen atoms in total. The molecule has 0 aromatic heterocycles. The summed E-state index contributed by atoms with van der Waals surface area (Å²) in [5.41, 5.74) is 0.947. The molecule has 0 saturated carbocycles. The zero-order chi connectivity index (χ0) is 12.3. The van der Waals surface area contributed by atoms with E-state index in [2.05, 4.69) is 55.4 Å². The minimum absolute atomic E-state index is 0.468. The smallest absolute Gasteiger partial charge is 0.0354 e. The van der Waals surface area contributed by atoms with Crippen LogP contribution in [0.2, 0.25) is 0 Å². The van der Waals surface area contributed by atoms with Crippen molar-refractivity contribution in [2.75, 3.05) is 0 Å². The second kappa shape index (κ2) is 5.37. The molecule has 0 rings (SSSR count). The molecule has 2 atom stereocenters. The SMILES string of the molecule is CCC(CC[C@@H](C)C(C)(C)C)C(C)(C)C. The maximum absolute atomic E-state index is 2.40. The Labute approximate surface area is 97.8 Å². The molecule has 0 bridgehead atoms. The van der Waals surface area contributed by atoms with Gasteiger partial charge in [-0.1, -0.05) is 61.8 Å². The topological polar surface area (TPSA) is 0 Å². The van der Waals surface area contributed by atoms with Crippen molar-refractivity contribution >= 4 is 0 Å². The van der Waals surface area contributed by atoms with Gasteiger partial charge in [-0.3, -0.25) is 0 Å². The van der Waals surface area contributed by atoms with Crippen LogP contribution < -0.4 is 0 Å². The van der Waals surface area contributed by atoms with Crippen LogP contribution in [-0.4, -0.2) is 0 Å². The van der Waals surface area contributed by atoms with Gasteiger partial charge in [-0.05, 0) is 35.5 Å². The molecule has 0 aliphatic rings. The molecular formula is C15H32. The summed E-state index contributed by atoms with van der Waals surface area (Å²) in [6.45, 7) is 18.9. The van der Waals surface area contributed by atoms with Crippen LogP contribution in [-0.2, 0) is 0 Å². The van der Waals surface area contributed by atoms with Gasteiger partial charge in [-0.2, -0.15) is 0 Å². The number of hydrogen-bond acceptors (Lipinski definition) is 0. The van der Waals surface area contributed by atoms with E-state index in [0.29, 0.717) is 10.8 Å². The lowest BCUT2D eigenvalue weighted by Gasteiger charge is -2.33. The van der Waals surface area contributed by atoms with Crippen molar-refractivity contribution < 1.29 is 0 Å². The molecule has 92 valence electrons. The van der Waals surface area contributed by atoms with Crippen LogP contribution in [0, 0.1) is 22.7 Å². The second-order valence-corrected chi connectivity index (χ2v) is 7.32. The van der Waals surface area contributed by atoms with Crippen LogP contribution in [0.5, 0.6) is 0 Å². The fraction of sp³-hybridized carbons (Fsp3) is 1.00. The molecule has 0 heteroatoms. The first-order valence-corrected chi connectivity index (χ1v) is 6.59. The number of rotatable bonds is 4. The molecule has 0 spiro atoms. The van der Waals surface area contributed by atoms with Crippen LogP contribution >= 0.6 is 0 Å². The van der Waals surface area contributed by atoms with Gasteiger partial charge in [-0.25, -0.2) is 0 Å². The Kier molecular flexibility index (Phi) is 5.37. The van der Waals surface area contributed by atoms with Gasteiger partial charge in [0.15, 0.2) is 0 Å². The van der Waals surface area contributed by atoms with Crippen molar-refractivity contribution in [2.24, 2.45) is 22.7 Å². The van der Waals surface area contributed by atoms with Crippen molar-refractivity contribution in [3.8, 4) is 0 Å². The van der Waals surface area contributed by atoms with Crippen LogP contribution in [0.4, 0.5) is 0 Å². The molecule has 0 heterocycles. The summed E-state index contributed by atoms with van der Waals surface area (Å²) in [5.74, 6) is 1.70. The minimum Gasteiger partial charge on any atom is -0.0651 e. The maximum atomic E-state index is 2.40. The van der Waals surface area contributed by atoms with Crippen molar-refractivity contribution in [3.63, 3.8) is 0 Å². The highest BCUT2D eigenvalue weighted by Crippen LogP contribution is 2.36. The van der Waals surface area contributed by atoms with Crippen LogP contribution in [0.25, 0.3) is 0 Å². The van der Waals surface area contributed by atoms with Gasteiger partial charge in [0.05, 0.1) is 0 Å². The molecule has 0 aromatic carbocycles. The summed E-state index contributed by atoms with van der Waals surface area (Å²) in [4.78, 5) is 0. The summed E-state index contributed by atoms with van der Waals surface area (Å²) in [5, 5.41) is 0. The zero-order valence-corrected chi connectivity index (χ0v) is 12.3. The van der Waals surface area contributed by atoms with Crippen LogP contribution in [0.1, 0.15) is 74.7 Å². The summed E-state index contributed by atoms with van der Waals surface area (Å²) in [6.07, 6.45) is 4.08. The first kappa shape index (κ1) is 15.0. The molecular weight excluding hydrogens is 180 g/mol. The van der Waals surface area contributed by atoms with Gasteiger partial charge in [-0.15, -0.1) is 0 Å². The standard InChI is InChI=1S/C15H32/c1-9-13(15(6,7)8)11-10-12(2)14(3,4)5/h12-13H,9-11H2,1-8H3/t12-,13?/m1/s1. The largest absolute Gasteiger partial charge is 0.0651 e. The Balaban J connectivity index is 4.14. The normalized spacial score (nSPS) is 17.6. The van der Waals surface area contributed by atoms with Gasteiger partial charge in [0.1, 0.15) is 0 Å². The summed E-state index contributed by atoms with van der Waals surface area (Å²) in [7, 11) is 0. The first-order valence-electron chi connectivity index (χ1n) is 6.59. The van der Waals surface area contributed by atoms with Crippen LogP contribution in [0.3, 0.4) is 0 Å². The van der Waals surface area contributed by atoms with E-state index in [1.54, 1.807) is 0 Å². The fourth-order valence-corrected chi connectivity index (χ4v) is 2.13. The minimum atomic E-state index is 0.468. The van der Waals surface area contributed by atoms with E-state index < -0.39 is 0 Å². The molecule has 0 fully saturated rings. The van der Waals surface area contributed by atoms with E-state index in [9.17, 15) is 0 Å². The Bertz CT molecular complexity index is 165. The molecule has 0 aliphatic heterocycles. The van der Waals surface area contributed by atoms with Gasteiger partial charge in [0, 0.05) is 0 Å². The molecule has 0 aliphatic carbocycles. The Morgan fingerprint density at radius 2 is 1.27 bits per heavy atom. The maximum Gasteiger partial charge on any atom is -0.0354 e. The van der Waals surface area contributed by atoms with E-state index >= 15 is 0 Å².